The summed E-state index contributed by atoms with van der Waals surface area (Å²) in [6.45, 7) is 9.91. The third-order valence-corrected chi connectivity index (χ3v) is 7.10. The minimum atomic E-state index is -0.00430. The highest BCUT2D eigenvalue weighted by Gasteiger charge is 2.37. The molecule has 0 saturated heterocycles. The van der Waals surface area contributed by atoms with Gasteiger partial charge in [0.05, 0.1) is 16.5 Å². The van der Waals surface area contributed by atoms with Gasteiger partial charge in [-0.15, -0.1) is 11.3 Å². The first-order valence-corrected chi connectivity index (χ1v) is 11.4. The number of aryl methyl sites for hydroxylation is 1. The van der Waals surface area contributed by atoms with Gasteiger partial charge >= 0.3 is 0 Å². The Morgan fingerprint density at radius 1 is 1.41 bits per heavy atom. The molecule has 1 unspecified atom stereocenters. The van der Waals surface area contributed by atoms with Gasteiger partial charge in [0, 0.05) is 24.4 Å². The van der Waals surface area contributed by atoms with Gasteiger partial charge in [-0.2, -0.15) is 0 Å². The van der Waals surface area contributed by atoms with Crippen molar-refractivity contribution in [1.82, 2.24) is 5.32 Å². The summed E-state index contributed by atoms with van der Waals surface area (Å²) in [5.74, 6) is 2.29. The van der Waals surface area contributed by atoms with Crippen molar-refractivity contribution in [1.29, 1.82) is 0 Å². The number of halogens is 1. The fourth-order valence-corrected chi connectivity index (χ4v) is 5.85. The minimum absolute atomic E-state index is 0.00430. The van der Waals surface area contributed by atoms with E-state index in [1.807, 2.05) is 18.2 Å². The van der Waals surface area contributed by atoms with E-state index >= 15 is 0 Å². The van der Waals surface area contributed by atoms with Gasteiger partial charge in [-0.05, 0) is 59.9 Å². The van der Waals surface area contributed by atoms with Crippen LogP contribution in [0.1, 0.15) is 64.3 Å². The van der Waals surface area contributed by atoms with E-state index in [4.69, 9.17) is 21.4 Å². The molecule has 2 atom stereocenters. The van der Waals surface area contributed by atoms with Crippen molar-refractivity contribution in [2.45, 2.75) is 53.0 Å². The summed E-state index contributed by atoms with van der Waals surface area (Å²) in [6.07, 6.45) is 1.55. The number of nitrogens with one attached hydrogen (secondary N) is 1. The number of hydrogen-bond acceptors (Lipinski definition) is 4. The van der Waals surface area contributed by atoms with Gasteiger partial charge in [0.2, 0.25) is 0 Å². The number of aliphatic hydroxyl groups is 1. The Balaban J connectivity index is 1.67. The molecule has 0 radical (unpaired) electrons. The number of amides is 1. The highest BCUT2D eigenvalue weighted by molar-refractivity contribution is 7.14. The Bertz CT molecular complexity index is 877. The monoisotopic (exact) mass is 435 g/mol. The summed E-state index contributed by atoms with van der Waals surface area (Å²) < 4.78 is 5.54. The molecule has 0 aliphatic heterocycles. The van der Waals surface area contributed by atoms with Gasteiger partial charge in [-0.25, -0.2) is 0 Å². The molecular formula is C23H30ClNO3S. The number of carbonyl (C=O) groups excluding carboxylic acids is 1. The standard InChI is InChI=1S/C23H30ClNO3S/c1-13(2)20-14(3)10-17-21(20)15(4)29-22(17)23(27)25-12-16-6-7-19(18(24)11-16)28-9-5-8-26/h6-7,11,13-14,20,26H,5,8-10,12H2,1-4H3,(H,25,27)/t14-,20?/m1/s1. The number of benzene rings is 1. The molecule has 3 rings (SSSR count). The lowest BCUT2D eigenvalue weighted by Crippen LogP contribution is -2.22. The lowest BCUT2D eigenvalue weighted by atomic mass is 9.84. The van der Waals surface area contributed by atoms with Gasteiger partial charge in [-0.1, -0.05) is 38.4 Å². The first kappa shape index (κ1) is 22.1. The number of ether oxygens (including phenoxy) is 1. The normalized spacial score (nSPS) is 18.2. The number of hydrogen-bond donors (Lipinski definition) is 2. The van der Waals surface area contributed by atoms with E-state index in [0.29, 0.717) is 48.1 Å². The van der Waals surface area contributed by atoms with Gasteiger partial charge in [-0.3, -0.25) is 4.79 Å². The Morgan fingerprint density at radius 2 is 2.17 bits per heavy atom. The Labute approximate surface area is 182 Å². The molecule has 1 aromatic carbocycles. The summed E-state index contributed by atoms with van der Waals surface area (Å²) in [7, 11) is 0. The van der Waals surface area contributed by atoms with Crippen molar-refractivity contribution in [3.63, 3.8) is 0 Å². The van der Waals surface area contributed by atoms with Crippen LogP contribution in [0.25, 0.3) is 0 Å². The molecular weight excluding hydrogens is 406 g/mol. The number of rotatable bonds is 8. The Morgan fingerprint density at radius 3 is 2.83 bits per heavy atom. The van der Waals surface area contributed by atoms with E-state index in [2.05, 4.69) is 33.0 Å². The fourth-order valence-electron chi connectivity index (χ4n) is 4.43. The average Bonchev–Trinajstić information content (AvgIpc) is 3.17. The highest BCUT2D eigenvalue weighted by atomic mass is 35.5. The summed E-state index contributed by atoms with van der Waals surface area (Å²) in [6, 6.07) is 5.53. The predicted octanol–water partition coefficient (Wildman–Crippen LogP) is 5.33. The van der Waals surface area contributed by atoms with Crippen LogP contribution in [-0.2, 0) is 13.0 Å². The zero-order valence-corrected chi connectivity index (χ0v) is 19.1. The molecule has 2 aromatic rings. The smallest absolute Gasteiger partial charge is 0.261 e. The maximum Gasteiger partial charge on any atom is 0.261 e. The molecule has 1 aliphatic rings. The summed E-state index contributed by atoms with van der Waals surface area (Å²) in [5.41, 5.74) is 3.59. The van der Waals surface area contributed by atoms with Crippen molar-refractivity contribution in [3.05, 3.63) is 49.7 Å². The second-order valence-electron chi connectivity index (χ2n) is 8.20. The van der Waals surface area contributed by atoms with E-state index in [1.54, 1.807) is 11.3 Å². The highest BCUT2D eigenvalue weighted by Crippen LogP contribution is 2.48. The molecule has 1 aromatic heterocycles. The van der Waals surface area contributed by atoms with Crippen LogP contribution in [0, 0.1) is 18.8 Å². The summed E-state index contributed by atoms with van der Waals surface area (Å²) in [4.78, 5) is 15.1. The summed E-state index contributed by atoms with van der Waals surface area (Å²) in [5, 5.41) is 12.4. The fraction of sp³-hybridized carbons (Fsp3) is 0.522. The van der Waals surface area contributed by atoms with Crippen molar-refractivity contribution >= 4 is 28.8 Å². The number of thiophene rings is 1. The largest absolute Gasteiger partial charge is 0.492 e. The average molecular weight is 436 g/mol. The molecule has 0 bridgehead atoms. The quantitative estimate of drug-likeness (QED) is 0.550. The molecule has 158 valence electrons. The third kappa shape index (κ3) is 4.79. The van der Waals surface area contributed by atoms with Crippen molar-refractivity contribution in [3.8, 4) is 5.75 Å². The van der Waals surface area contributed by atoms with E-state index in [-0.39, 0.29) is 12.5 Å². The lowest BCUT2D eigenvalue weighted by molar-refractivity contribution is 0.0954. The van der Waals surface area contributed by atoms with Gasteiger partial charge < -0.3 is 15.2 Å². The maximum atomic E-state index is 12.9. The van der Waals surface area contributed by atoms with E-state index < -0.39 is 0 Å². The predicted molar refractivity (Wildman–Crippen MR) is 119 cm³/mol. The van der Waals surface area contributed by atoms with Crippen LogP contribution >= 0.6 is 22.9 Å². The molecule has 0 fully saturated rings. The molecule has 29 heavy (non-hydrogen) atoms. The van der Waals surface area contributed by atoms with Gasteiger partial charge in [0.25, 0.3) is 5.91 Å². The molecule has 0 spiro atoms. The van der Waals surface area contributed by atoms with Crippen molar-refractivity contribution in [2.24, 2.45) is 11.8 Å². The minimum Gasteiger partial charge on any atom is -0.492 e. The Kier molecular flexibility index (Phi) is 7.25. The SMILES string of the molecule is Cc1sc(C(=O)NCc2ccc(OCCCO)c(Cl)c2)c2c1C(C(C)C)[C@H](C)C2. The van der Waals surface area contributed by atoms with Crippen molar-refractivity contribution < 1.29 is 14.6 Å². The van der Waals surface area contributed by atoms with Crippen LogP contribution in [0.4, 0.5) is 0 Å². The van der Waals surface area contributed by atoms with Crippen LogP contribution in [0.15, 0.2) is 18.2 Å². The molecule has 1 heterocycles. The molecule has 1 amide bonds. The second-order valence-corrected chi connectivity index (χ2v) is 9.84. The van der Waals surface area contributed by atoms with Crippen LogP contribution in [0.5, 0.6) is 5.75 Å². The van der Waals surface area contributed by atoms with E-state index in [9.17, 15) is 4.79 Å². The lowest BCUT2D eigenvalue weighted by Gasteiger charge is -2.21. The number of aliphatic hydroxyl groups excluding tert-OH is 1. The third-order valence-electron chi connectivity index (χ3n) is 5.64. The second kappa shape index (κ2) is 9.50. The molecule has 0 saturated carbocycles. The number of carbonyl (C=O) groups is 1. The molecule has 6 heteroatoms. The zero-order chi connectivity index (χ0) is 21.1. The van der Waals surface area contributed by atoms with Crippen molar-refractivity contribution in [2.75, 3.05) is 13.2 Å². The van der Waals surface area contributed by atoms with Crippen LogP contribution in [0.3, 0.4) is 0 Å². The molecule has 2 N–H and O–H groups in total. The van der Waals surface area contributed by atoms with E-state index in [0.717, 1.165) is 16.9 Å². The van der Waals surface area contributed by atoms with Gasteiger partial charge in [0.15, 0.2) is 0 Å². The molecule has 4 nitrogen and oxygen atoms in total. The summed E-state index contributed by atoms with van der Waals surface area (Å²) >= 11 is 7.91. The van der Waals surface area contributed by atoms with Crippen LogP contribution in [0.2, 0.25) is 5.02 Å². The van der Waals surface area contributed by atoms with Crippen LogP contribution < -0.4 is 10.1 Å². The van der Waals surface area contributed by atoms with E-state index in [1.165, 1.54) is 16.0 Å². The maximum absolute atomic E-state index is 12.9. The van der Waals surface area contributed by atoms with Gasteiger partial charge in [0.1, 0.15) is 5.75 Å². The first-order valence-electron chi connectivity index (χ1n) is 10.3. The topological polar surface area (TPSA) is 58.6 Å². The first-order chi connectivity index (χ1) is 13.8. The molecule has 1 aliphatic carbocycles. The number of fused-ring (bicyclic) bond motifs is 1. The van der Waals surface area contributed by atoms with Crippen LogP contribution in [-0.4, -0.2) is 24.2 Å². The Hall–Kier alpha value is -1.56. The zero-order valence-electron chi connectivity index (χ0n) is 17.5.